The number of rotatable bonds is 5. The molecule has 1 saturated heterocycles. The molecule has 6 aromatic rings. The van der Waals surface area contributed by atoms with E-state index < -0.39 is 29.3 Å². The smallest absolute Gasteiger partial charge is 0.338 e. The predicted octanol–water partition coefficient (Wildman–Crippen LogP) is 6.92. The Bertz CT molecular complexity index is 2840. The van der Waals surface area contributed by atoms with E-state index in [2.05, 4.69) is 15.9 Å². The second kappa shape index (κ2) is 12.4. The molecule has 2 amide bonds. The van der Waals surface area contributed by atoms with E-state index in [1.165, 1.54) is 16.2 Å². The van der Waals surface area contributed by atoms with Gasteiger partial charge in [0.25, 0.3) is 5.56 Å². The largest absolute Gasteiger partial charge is 0.463 e. The summed E-state index contributed by atoms with van der Waals surface area (Å²) in [5.74, 6) is -2.94. The third kappa shape index (κ3) is 4.64. The van der Waals surface area contributed by atoms with E-state index in [0.717, 1.165) is 43.1 Å². The van der Waals surface area contributed by atoms with Crippen LogP contribution in [0.25, 0.3) is 16.8 Å². The van der Waals surface area contributed by atoms with Gasteiger partial charge in [-0.05, 0) is 82.8 Å². The highest BCUT2D eigenvalue weighted by atomic mass is 79.9. The number of anilines is 1. The van der Waals surface area contributed by atoms with Crippen molar-refractivity contribution in [1.29, 1.82) is 0 Å². The van der Waals surface area contributed by atoms with Gasteiger partial charge in [0.1, 0.15) is 0 Å². The maximum atomic E-state index is 15.2. The Balaban J connectivity index is 1.26. The number of benzene rings is 5. The molecule has 0 saturated carbocycles. The van der Waals surface area contributed by atoms with Crippen molar-refractivity contribution < 1.29 is 19.1 Å². The lowest BCUT2D eigenvalue weighted by molar-refractivity contribution is -0.139. The van der Waals surface area contributed by atoms with Crippen molar-refractivity contribution in [1.82, 2.24) is 4.57 Å². The van der Waals surface area contributed by atoms with Crippen LogP contribution in [0.2, 0.25) is 0 Å². The van der Waals surface area contributed by atoms with Crippen molar-refractivity contribution in [2.75, 3.05) is 11.5 Å². The van der Waals surface area contributed by atoms with Gasteiger partial charge in [0.2, 0.25) is 11.8 Å². The number of ether oxygens (including phenoxy) is 1. The van der Waals surface area contributed by atoms with Crippen LogP contribution in [-0.4, -0.2) is 29.0 Å². The number of halogens is 1. The average Bonchev–Trinajstić information content (AvgIpc) is 3.65. The van der Waals surface area contributed by atoms with Crippen LogP contribution >= 0.6 is 27.3 Å². The second-order valence-corrected chi connectivity index (χ2v) is 16.3. The van der Waals surface area contributed by atoms with Crippen LogP contribution in [0.15, 0.2) is 141 Å². The number of esters is 1. The fourth-order valence-electron chi connectivity index (χ4n) is 9.70. The van der Waals surface area contributed by atoms with E-state index in [-0.39, 0.29) is 29.9 Å². The van der Waals surface area contributed by atoms with Crippen molar-refractivity contribution in [2.45, 2.75) is 31.2 Å². The molecule has 3 heterocycles. The molecule has 11 rings (SSSR count). The minimum absolute atomic E-state index is 0.164. The van der Waals surface area contributed by atoms with Gasteiger partial charge in [-0.15, -0.1) is 0 Å². The summed E-state index contributed by atoms with van der Waals surface area (Å²) in [4.78, 5) is 65.4. The molecule has 55 heavy (non-hydrogen) atoms. The zero-order chi connectivity index (χ0) is 37.7. The quantitative estimate of drug-likeness (QED) is 0.139. The SMILES string of the molecule is CCOC(=O)C1=C(C)N=c2s/c(=C/C34c5ccccc5C(c5ccccc53)C3C(=O)N(c5ccc(Br)cc5)C(=O)C34)c(=O)n2C1c1cccc2ccccc12. The predicted molar refractivity (Wildman–Crippen MR) is 214 cm³/mol. The molecule has 1 aromatic heterocycles. The van der Waals surface area contributed by atoms with Crippen LogP contribution in [0.1, 0.15) is 53.6 Å². The van der Waals surface area contributed by atoms with E-state index >= 15 is 9.59 Å². The second-order valence-electron chi connectivity index (χ2n) is 14.4. The molecule has 5 aromatic carbocycles. The number of carbonyl (C=O) groups is 3. The number of hydrogen-bond donors (Lipinski definition) is 0. The monoisotopic (exact) mass is 805 g/mol. The highest BCUT2D eigenvalue weighted by Crippen LogP contribution is 2.65. The number of amides is 2. The first-order valence-corrected chi connectivity index (χ1v) is 19.9. The van der Waals surface area contributed by atoms with Crippen molar-refractivity contribution in [3.8, 4) is 0 Å². The van der Waals surface area contributed by atoms with Gasteiger partial charge >= 0.3 is 5.97 Å². The Labute approximate surface area is 327 Å². The van der Waals surface area contributed by atoms with Crippen molar-refractivity contribution in [2.24, 2.45) is 16.8 Å². The third-order valence-electron chi connectivity index (χ3n) is 11.8. The highest BCUT2D eigenvalue weighted by Gasteiger charge is 2.67. The first-order valence-electron chi connectivity index (χ1n) is 18.2. The molecule has 10 heteroatoms. The number of hydrogen-bond acceptors (Lipinski definition) is 7. The summed E-state index contributed by atoms with van der Waals surface area (Å²) in [7, 11) is 0. The molecular formula is C45H32BrN3O5S. The number of fused-ring (bicyclic) bond motifs is 2. The zero-order valence-corrected chi connectivity index (χ0v) is 32.1. The van der Waals surface area contributed by atoms with Crippen LogP contribution in [0.5, 0.6) is 0 Å². The maximum absolute atomic E-state index is 15.2. The van der Waals surface area contributed by atoms with E-state index in [4.69, 9.17) is 9.73 Å². The van der Waals surface area contributed by atoms with E-state index in [9.17, 15) is 9.59 Å². The van der Waals surface area contributed by atoms with Crippen LogP contribution in [0.4, 0.5) is 5.69 Å². The summed E-state index contributed by atoms with van der Waals surface area (Å²) in [5, 5.41) is 1.87. The summed E-state index contributed by atoms with van der Waals surface area (Å²) in [6, 6.07) is 36.2. The molecule has 3 atom stereocenters. The number of carbonyl (C=O) groups excluding carboxylic acids is 3. The van der Waals surface area contributed by atoms with Gasteiger partial charge < -0.3 is 4.74 Å². The molecule has 0 N–H and O–H groups in total. The van der Waals surface area contributed by atoms with Crippen molar-refractivity contribution in [3.05, 3.63) is 179 Å². The number of nitrogens with zero attached hydrogens (tertiary/aromatic N) is 3. The maximum Gasteiger partial charge on any atom is 0.338 e. The third-order valence-corrected chi connectivity index (χ3v) is 13.3. The summed E-state index contributed by atoms with van der Waals surface area (Å²) in [6.07, 6.45) is 1.93. The number of thiazole rings is 1. The number of allylic oxidation sites excluding steroid dienone is 1. The lowest BCUT2D eigenvalue weighted by atomic mass is 9.47. The average molecular weight is 807 g/mol. The van der Waals surface area contributed by atoms with Gasteiger partial charge in [0, 0.05) is 10.4 Å². The van der Waals surface area contributed by atoms with E-state index in [0.29, 0.717) is 26.3 Å². The molecule has 2 aliphatic heterocycles. The van der Waals surface area contributed by atoms with Gasteiger partial charge in [-0.25, -0.2) is 14.7 Å². The van der Waals surface area contributed by atoms with Crippen LogP contribution < -0.4 is 19.8 Å². The van der Waals surface area contributed by atoms with Gasteiger partial charge in [-0.3, -0.25) is 19.0 Å². The summed E-state index contributed by atoms with van der Waals surface area (Å²) in [6.45, 7) is 3.69. The number of aromatic nitrogens is 1. The molecule has 2 bridgehead atoms. The molecule has 1 fully saturated rings. The fourth-order valence-corrected chi connectivity index (χ4v) is 11.1. The molecule has 3 aliphatic carbocycles. The molecule has 0 spiro atoms. The summed E-state index contributed by atoms with van der Waals surface area (Å²) < 4.78 is 8.39. The van der Waals surface area contributed by atoms with Gasteiger partial charge in [0.05, 0.1) is 51.4 Å². The van der Waals surface area contributed by atoms with Gasteiger partial charge in [-0.2, -0.15) is 0 Å². The highest BCUT2D eigenvalue weighted by molar-refractivity contribution is 9.10. The van der Waals surface area contributed by atoms with Gasteiger partial charge in [0.15, 0.2) is 4.80 Å². The molecule has 8 nitrogen and oxygen atoms in total. The minimum atomic E-state index is -1.17. The lowest BCUT2D eigenvalue weighted by Gasteiger charge is -2.53. The Morgan fingerprint density at radius 1 is 0.836 bits per heavy atom. The van der Waals surface area contributed by atoms with Crippen LogP contribution in [0, 0.1) is 11.8 Å². The van der Waals surface area contributed by atoms with E-state index in [1.54, 1.807) is 30.5 Å². The van der Waals surface area contributed by atoms with Crippen LogP contribution in [0.3, 0.4) is 0 Å². The Morgan fingerprint density at radius 2 is 1.47 bits per heavy atom. The fraction of sp³-hybridized carbons (Fsp3) is 0.178. The van der Waals surface area contributed by atoms with Crippen molar-refractivity contribution >= 4 is 67.6 Å². The van der Waals surface area contributed by atoms with Crippen LogP contribution in [-0.2, 0) is 24.5 Å². The summed E-state index contributed by atoms with van der Waals surface area (Å²) >= 11 is 4.72. The Morgan fingerprint density at radius 3 is 2.18 bits per heavy atom. The molecule has 0 radical (unpaired) electrons. The normalized spacial score (nSPS) is 23.7. The summed E-state index contributed by atoms with van der Waals surface area (Å²) in [5.41, 5.74) is 4.28. The van der Waals surface area contributed by atoms with Gasteiger partial charge in [-0.1, -0.05) is 118 Å². The number of imide groups is 1. The minimum Gasteiger partial charge on any atom is -0.463 e. The Kier molecular flexibility index (Phi) is 7.63. The zero-order valence-electron chi connectivity index (χ0n) is 29.7. The Hall–Kier alpha value is -5.71. The molecule has 5 aliphatic rings. The molecule has 270 valence electrons. The first kappa shape index (κ1) is 33.8. The molecule has 3 unspecified atom stereocenters. The molecular weight excluding hydrogens is 774 g/mol. The topological polar surface area (TPSA) is 98.0 Å². The first-order chi connectivity index (χ1) is 26.7. The lowest BCUT2D eigenvalue weighted by Crippen LogP contribution is -2.53. The standard InChI is InChI=1S/C45H32BrN3O5S/c1-3-54-43(53)35-24(2)47-44-49(39(35)29-16-10-12-25-11-4-5-13-28(25)29)40(50)34(55-44)23-45-32-17-8-6-14-30(32)36(31-15-7-9-18-33(31)45)37-38(45)42(52)48(41(37)51)27-21-19-26(46)20-22-27/h4-23,36-39H,3H2,1-2H3/b34-23+. The van der Waals surface area contributed by atoms with E-state index in [1.807, 2.05) is 109 Å². The van der Waals surface area contributed by atoms with Crippen molar-refractivity contribution in [3.63, 3.8) is 0 Å².